The molecule has 0 spiro atoms. The van der Waals surface area contributed by atoms with E-state index >= 15 is 0 Å². The van der Waals surface area contributed by atoms with Crippen LogP contribution in [0, 0.1) is 0 Å². The lowest BCUT2D eigenvalue weighted by Gasteiger charge is -2.04. The number of carbonyl (C=O) groups excluding carboxylic acids is 2. The largest absolute Gasteiger partial charge is 0.370 e. The van der Waals surface area contributed by atoms with E-state index in [1.807, 2.05) is 0 Å². The van der Waals surface area contributed by atoms with Gasteiger partial charge >= 0.3 is 0 Å². The van der Waals surface area contributed by atoms with E-state index in [1.54, 1.807) is 35.1 Å². The Kier molecular flexibility index (Phi) is 5.41. The van der Waals surface area contributed by atoms with E-state index < -0.39 is 5.91 Å². The zero-order chi connectivity index (χ0) is 16.1. The molecule has 0 saturated heterocycles. The van der Waals surface area contributed by atoms with E-state index in [4.69, 9.17) is 28.9 Å². The van der Waals surface area contributed by atoms with E-state index in [-0.39, 0.29) is 18.7 Å². The van der Waals surface area contributed by atoms with Crippen LogP contribution >= 0.6 is 23.2 Å². The highest BCUT2D eigenvalue weighted by Crippen LogP contribution is 2.22. The first-order chi connectivity index (χ1) is 10.4. The van der Waals surface area contributed by atoms with Gasteiger partial charge in [0.25, 0.3) is 0 Å². The molecule has 1 aromatic carbocycles. The number of hydrogen-bond donors (Lipinski definition) is 2. The van der Waals surface area contributed by atoms with Crippen LogP contribution in [-0.4, -0.2) is 21.6 Å². The number of rotatable bonds is 6. The summed E-state index contributed by atoms with van der Waals surface area (Å²) in [6, 6.07) is 6.67. The van der Waals surface area contributed by atoms with Crippen LogP contribution in [0.25, 0.3) is 0 Å². The summed E-state index contributed by atoms with van der Waals surface area (Å²) in [5, 5.41) is 7.64. The molecule has 8 heteroatoms. The molecule has 0 aliphatic heterocycles. The van der Waals surface area contributed by atoms with Crippen molar-refractivity contribution in [2.24, 2.45) is 5.73 Å². The maximum absolute atomic E-state index is 11.9. The number of nitrogens with zero attached hydrogens (tertiary/aromatic N) is 2. The Morgan fingerprint density at radius 1 is 1.23 bits per heavy atom. The monoisotopic (exact) mass is 340 g/mol. The number of nitrogens with one attached hydrogen (secondary N) is 1. The van der Waals surface area contributed by atoms with Gasteiger partial charge in [-0.05, 0) is 17.7 Å². The van der Waals surface area contributed by atoms with Crippen LogP contribution in [0.1, 0.15) is 12.0 Å². The standard InChI is InChI=1S/C14H14Cl2N4O2/c15-10-2-1-9(7-11(10)16)8-14(22)18-13-4-6-20(19-13)5-3-12(17)21/h1-2,4,6-7H,3,5,8H2,(H2,17,21)(H,18,19,22). The summed E-state index contributed by atoms with van der Waals surface area (Å²) in [4.78, 5) is 22.6. The third-order valence-corrected chi connectivity index (χ3v) is 3.58. The highest BCUT2D eigenvalue weighted by Gasteiger charge is 2.08. The second kappa shape index (κ2) is 7.29. The lowest BCUT2D eigenvalue weighted by atomic mass is 10.1. The molecule has 0 fully saturated rings. The van der Waals surface area contributed by atoms with E-state index in [0.717, 1.165) is 5.56 Å². The minimum Gasteiger partial charge on any atom is -0.370 e. The minimum absolute atomic E-state index is 0.158. The van der Waals surface area contributed by atoms with Crippen LogP contribution in [-0.2, 0) is 22.6 Å². The number of primary amides is 1. The molecule has 1 heterocycles. The van der Waals surface area contributed by atoms with Gasteiger partial charge in [0, 0.05) is 25.2 Å². The molecule has 3 N–H and O–H groups in total. The molecule has 0 aliphatic rings. The Morgan fingerprint density at radius 3 is 2.68 bits per heavy atom. The average molecular weight is 341 g/mol. The predicted octanol–water partition coefficient (Wildman–Crippen LogP) is 2.25. The summed E-state index contributed by atoms with van der Waals surface area (Å²) in [5.74, 6) is -0.214. The summed E-state index contributed by atoms with van der Waals surface area (Å²) in [5.41, 5.74) is 5.82. The molecule has 6 nitrogen and oxygen atoms in total. The van der Waals surface area contributed by atoms with Crippen LogP contribution in [0.5, 0.6) is 0 Å². The second-order valence-electron chi connectivity index (χ2n) is 4.65. The quantitative estimate of drug-likeness (QED) is 0.844. The normalized spacial score (nSPS) is 10.5. The molecule has 2 rings (SSSR count). The van der Waals surface area contributed by atoms with E-state index in [2.05, 4.69) is 10.4 Å². The Balaban J connectivity index is 1.91. The SMILES string of the molecule is NC(=O)CCn1ccc(NC(=O)Cc2ccc(Cl)c(Cl)c2)n1. The molecule has 2 amide bonds. The zero-order valence-corrected chi connectivity index (χ0v) is 13.1. The van der Waals surface area contributed by atoms with E-state index in [1.165, 1.54) is 0 Å². The molecular formula is C14H14Cl2N4O2. The smallest absolute Gasteiger partial charge is 0.229 e. The molecule has 0 bridgehead atoms. The van der Waals surface area contributed by atoms with Crippen molar-refractivity contribution in [3.8, 4) is 0 Å². The van der Waals surface area contributed by atoms with Crippen molar-refractivity contribution >= 4 is 40.8 Å². The van der Waals surface area contributed by atoms with Crippen molar-refractivity contribution in [3.05, 3.63) is 46.1 Å². The third-order valence-electron chi connectivity index (χ3n) is 2.84. The van der Waals surface area contributed by atoms with Gasteiger partial charge in [-0.3, -0.25) is 14.3 Å². The number of anilines is 1. The fourth-order valence-electron chi connectivity index (χ4n) is 1.80. The topological polar surface area (TPSA) is 90.0 Å². The first kappa shape index (κ1) is 16.3. The maximum atomic E-state index is 11.9. The van der Waals surface area contributed by atoms with Gasteiger partial charge in [-0.2, -0.15) is 5.10 Å². The van der Waals surface area contributed by atoms with Gasteiger partial charge < -0.3 is 11.1 Å². The molecule has 0 atom stereocenters. The Morgan fingerprint density at radius 2 is 2.00 bits per heavy atom. The molecule has 2 aromatic rings. The van der Waals surface area contributed by atoms with Gasteiger partial charge in [0.15, 0.2) is 5.82 Å². The van der Waals surface area contributed by atoms with Crippen LogP contribution in [0.3, 0.4) is 0 Å². The van der Waals surface area contributed by atoms with Crippen molar-refractivity contribution in [1.82, 2.24) is 9.78 Å². The van der Waals surface area contributed by atoms with Gasteiger partial charge in [-0.1, -0.05) is 29.3 Å². The van der Waals surface area contributed by atoms with Gasteiger partial charge in [0.1, 0.15) is 0 Å². The number of halogens is 2. The fraction of sp³-hybridized carbons (Fsp3) is 0.214. The van der Waals surface area contributed by atoms with E-state index in [0.29, 0.717) is 22.4 Å². The summed E-state index contributed by atoms with van der Waals surface area (Å²) >= 11 is 11.7. The molecular weight excluding hydrogens is 327 g/mol. The minimum atomic E-state index is -0.402. The van der Waals surface area contributed by atoms with Gasteiger partial charge in [-0.25, -0.2) is 0 Å². The fourth-order valence-corrected chi connectivity index (χ4v) is 2.12. The Hall–Kier alpha value is -2.05. The maximum Gasteiger partial charge on any atom is 0.229 e. The number of carbonyl (C=O) groups is 2. The summed E-state index contributed by atoms with van der Waals surface area (Å²) < 4.78 is 1.54. The lowest BCUT2D eigenvalue weighted by Crippen LogP contribution is -2.16. The molecule has 0 saturated carbocycles. The summed E-state index contributed by atoms with van der Waals surface area (Å²) in [6.45, 7) is 0.373. The third kappa shape index (κ3) is 4.75. The molecule has 0 aliphatic carbocycles. The number of amides is 2. The van der Waals surface area contributed by atoms with Crippen LogP contribution in [0.2, 0.25) is 10.0 Å². The van der Waals surface area contributed by atoms with Crippen molar-refractivity contribution in [3.63, 3.8) is 0 Å². The average Bonchev–Trinajstić information content (AvgIpc) is 2.88. The Bertz CT molecular complexity index is 700. The predicted molar refractivity (Wildman–Crippen MR) is 84.8 cm³/mol. The molecule has 22 heavy (non-hydrogen) atoms. The Labute approximate surface area is 137 Å². The summed E-state index contributed by atoms with van der Waals surface area (Å²) in [6.07, 6.45) is 2.01. The summed E-state index contributed by atoms with van der Waals surface area (Å²) in [7, 11) is 0. The van der Waals surface area contributed by atoms with E-state index in [9.17, 15) is 9.59 Å². The second-order valence-corrected chi connectivity index (χ2v) is 5.47. The number of aryl methyl sites for hydroxylation is 1. The number of nitrogens with two attached hydrogens (primary N) is 1. The van der Waals surface area contributed by atoms with Crippen LogP contribution in [0.15, 0.2) is 30.5 Å². The number of benzene rings is 1. The lowest BCUT2D eigenvalue weighted by molar-refractivity contribution is -0.118. The van der Waals surface area contributed by atoms with Gasteiger partial charge in [0.05, 0.1) is 16.5 Å². The van der Waals surface area contributed by atoms with Crippen molar-refractivity contribution < 1.29 is 9.59 Å². The van der Waals surface area contributed by atoms with Crippen molar-refractivity contribution in [2.45, 2.75) is 19.4 Å². The van der Waals surface area contributed by atoms with Crippen LogP contribution in [0.4, 0.5) is 5.82 Å². The van der Waals surface area contributed by atoms with Gasteiger partial charge in [-0.15, -0.1) is 0 Å². The first-order valence-corrected chi connectivity index (χ1v) is 7.25. The molecule has 0 radical (unpaired) electrons. The van der Waals surface area contributed by atoms with Crippen molar-refractivity contribution in [1.29, 1.82) is 0 Å². The highest BCUT2D eigenvalue weighted by molar-refractivity contribution is 6.42. The van der Waals surface area contributed by atoms with Gasteiger partial charge in [0.2, 0.25) is 11.8 Å². The molecule has 0 unspecified atom stereocenters. The molecule has 1 aromatic heterocycles. The number of aromatic nitrogens is 2. The zero-order valence-electron chi connectivity index (χ0n) is 11.6. The highest BCUT2D eigenvalue weighted by atomic mass is 35.5. The first-order valence-electron chi connectivity index (χ1n) is 6.49. The number of hydrogen-bond acceptors (Lipinski definition) is 3. The van der Waals surface area contributed by atoms with Crippen molar-refractivity contribution in [2.75, 3.05) is 5.32 Å². The van der Waals surface area contributed by atoms with Crippen LogP contribution < -0.4 is 11.1 Å². The molecule has 116 valence electrons.